The lowest BCUT2D eigenvalue weighted by Crippen LogP contribution is -2.31. The van der Waals surface area contributed by atoms with Gasteiger partial charge in [-0.2, -0.15) is 0 Å². The Labute approximate surface area is 156 Å². The van der Waals surface area contributed by atoms with Crippen molar-refractivity contribution >= 4 is 29.2 Å². The molecule has 2 aliphatic rings. The number of rotatable bonds is 5. The maximum absolute atomic E-state index is 12.6. The van der Waals surface area contributed by atoms with Crippen LogP contribution in [0.25, 0.3) is 0 Å². The van der Waals surface area contributed by atoms with Crippen molar-refractivity contribution in [1.29, 1.82) is 0 Å². The van der Waals surface area contributed by atoms with E-state index in [4.69, 9.17) is 16.3 Å². The number of amides is 1. The van der Waals surface area contributed by atoms with Crippen molar-refractivity contribution in [3.05, 3.63) is 76.5 Å². The molecular formula is C20H17ClN2O3. The average Bonchev–Trinajstić information content (AvgIpc) is 3.32. The second-order valence-corrected chi connectivity index (χ2v) is 6.83. The van der Waals surface area contributed by atoms with E-state index >= 15 is 0 Å². The van der Waals surface area contributed by atoms with E-state index in [-0.39, 0.29) is 18.2 Å². The van der Waals surface area contributed by atoms with E-state index < -0.39 is 11.9 Å². The number of carbonyl (C=O) groups is 2. The summed E-state index contributed by atoms with van der Waals surface area (Å²) in [5.41, 5.74) is 2.44. The number of cyclic esters (lactones) is 1. The molecule has 0 saturated heterocycles. The van der Waals surface area contributed by atoms with Crippen LogP contribution in [0.4, 0.5) is 5.69 Å². The third-order valence-electron chi connectivity index (χ3n) is 4.55. The summed E-state index contributed by atoms with van der Waals surface area (Å²) in [5, 5.41) is 6.63. The highest BCUT2D eigenvalue weighted by Crippen LogP contribution is 2.40. The van der Waals surface area contributed by atoms with Crippen LogP contribution in [-0.4, -0.2) is 24.5 Å². The van der Waals surface area contributed by atoms with Crippen LogP contribution in [-0.2, 0) is 14.3 Å². The fourth-order valence-corrected chi connectivity index (χ4v) is 3.23. The van der Waals surface area contributed by atoms with Crippen molar-refractivity contribution in [2.75, 3.05) is 11.9 Å². The average molecular weight is 369 g/mol. The molecule has 1 heterocycles. The number of carbonyl (C=O) groups excluding carboxylic acids is 2. The van der Waals surface area contributed by atoms with Crippen molar-refractivity contribution in [3.63, 3.8) is 0 Å². The molecule has 6 heteroatoms. The first-order chi connectivity index (χ1) is 12.6. The number of nitrogens with one attached hydrogen (secondary N) is 2. The topological polar surface area (TPSA) is 67.4 Å². The fraction of sp³-hybridized carbons (Fsp3) is 0.200. The molecular weight excluding hydrogens is 352 g/mol. The van der Waals surface area contributed by atoms with Gasteiger partial charge < -0.3 is 15.4 Å². The molecule has 2 aromatic rings. The van der Waals surface area contributed by atoms with Crippen LogP contribution in [0.5, 0.6) is 0 Å². The summed E-state index contributed by atoms with van der Waals surface area (Å²) in [6, 6.07) is 17.1. The zero-order valence-corrected chi connectivity index (χ0v) is 14.6. The molecule has 5 nitrogen and oxygen atoms in total. The third kappa shape index (κ3) is 3.44. The first kappa shape index (κ1) is 16.7. The van der Waals surface area contributed by atoms with Gasteiger partial charge in [-0.15, -0.1) is 0 Å². The quantitative estimate of drug-likeness (QED) is 0.628. The molecule has 1 fully saturated rings. The van der Waals surface area contributed by atoms with Gasteiger partial charge in [-0.25, -0.2) is 4.79 Å². The summed E-state index contributed by atoms with van der Waals surface area (Å²) in [7, 11) is 0. The van der Waals surface area contributed by atoms with E-state index in [0.717, 1.165) is 12.1 Å². The molecule has 4 rings (SSSR count). The summed E-state index contributed by atoms with van der Waals surface area (Å²) < 4.78 is 5.05. The molecule has 1 aliphatic heterocycles. The minimum atomic E-state index is -0.601. The van der Waals surface area contributed by atoms with Crippen molar-refractivity contribution < 1.29 is 14.3 Å². The second-order valence-electron chi connectivity index (χ2n) is 6.39. The van der Waals surface area contributed by atoms with Crippen LogP contribution >= 0.6 is 11.6 Å². The van der Waals surface area contributed by atoms with Crippen LogP contribution in [0.1, 0.15) is 17.9 Å². The number of hydrogen-bond donors (Lipinski definition) is 2. The monoisotopic (exact) mass is 368 g/mol. The Balaban J connectivity index is 1.46. The summed E-state index contributed by atoms with van der Waals surface area (Å²) >= 11 is 5.88. The molecule has 0 radical (unpaired) electrons. The lowest BCUT2D eigenvalue weighted by Gasteiger charge is -2.09. The first-order valence-corrected chi connectivity index (χ1v) is 8.78. The minimum Gasteiger partial charge on any atom is -0.455 e. The van der Waals surface area contributed by atoms with Crippen LogP contribution < -0.4 is 10.6 Å². The number of halogens is 1. The molecule has 132 valence electrons. The highest BCUT2D eigenvalue weighted by Gasteiger charge is 2.41. The maximum Gasteiger partial charge on any atom is 0.346 e. The first-order valence-electron chi connectivity index (χ1n) is 8.40. The molecule has 0 unspecified atom stereocenters. The predicted molar refractivity (Wildman–Crippen MR) is 98.8 cm³/mol. The largest absolute Gasteiger partial charge is 0.455 e. The van der Waals surface area contributed by atoms with Gasteiger partial charge in [0.2, 0.25) is 0 Å². The Morgan fingerprint density at radius 3 is 2.54 bits per heavy atom. The van der Waals surface area contributed by atoms with Gasteiger partial charge in [0, 0.05) is 22.7 Å². The maximum atomic E-state index is 12.6. The van der Waals surface area contributed by atoms with E-state index in [9.17, 15) is 9.59 Å². The number of hydrogen-bond acceptors (Lipinski definition) is 4. The summed E-state index contributed by atoms with van der Waals surface area (Å²) in [5.74, 6) is -0.700. The molecule has 1 amide bonds. The highest BCUT2D eigenvalue weighted by molar-refractivity contribution is 6.30. The molecule has 0 bridgehead atoms. The van der Waals surface area contributed by atoms with Gasteiger partial charge in [-0.05, 0) is 36.2 Å². The van der Waals surface area contributed by atoms with E-state index in [1.807, 2.05) is 30.3 Å². The van der Waals surface area contributed by atoms with Crippen molar-refractivity contribution in [2.24, 2.45) is 0 Å². The second kappa shape index (κ2) is 6.84. The SMILES string of the molecule is O=C(N[C@@H]1C[C@H]1c1ccccc1)C1=C(Nc2ccc(Cl)cc2)COC1=O. The molecule has 2 aromatic carbocycles. The Morgan fingerprint density at radius 2 is 1.81 bits per heavy atom. The van der Waals surface area contributed by atoms with Gasteiger partial charge >= 0.3 is 5.97 Å². The van der Waals surface area contributed by atoms with Gasteiger partial charge in [-0.1, -0.05) is 41.9 Å². The molecule has 0 aromatic heterocycles. The van der Waals surface area contributed by atoms with Crippen molar-refractivity contribution in [1.82, 2.24) is 5.32 Å². The van der Waals surface area contributed by atoms with Crippen LogP contribution in [0.2, 0.25) is 5.02 Å². The normalized spacial score (nSPS) is 21.3. The lowest BCUT2D eigenvalue weighted by molar-refractivity contribution is -0.137. The smallest absolute Gasteiger partial charge is 0.346 e. The van der Waals surface area contributed by atoms with Crippen LogP contribution in [0.15, 0.2) is 65.9 Å². The highest BCUT2D eigenvalue weighted by atomic mass is 35.5. The number of esters is 1. The summed E-state index contributed by atoms with van der Waals surface area (Å²) in [6.07, 6.45) is 0.873. The van der Waals surface area contributed by atoms with Gasteiger partial charge in [0.1, 0.15) is 12.2 Å². The van der Waals surface area contributed by atoms with Gasteiger partial charge in [0.05, 0.1) is 5.70 Å². The zero-order chi connectivity index (χ0) is 18.1. The Morgan fingerprint density at radius 1 is 1.08 bits per heavy atom. The zero-order valence-electron chi connectivity index (χ0n) is 13.9. The Kier molecular flexibility index (Phi) is 4.39. The van der Waals surface area contributed by atoms with E-state index in [1.165, 1.54) is 5.56 Å². The van der Waals surface area contributed by atoms with Crippen LogP contribution in [0, 0.1) is 0 Å². The number of ether oxygens (including phenoxy) is 1. The van der Waals surface area contributed by atoms with E-state index in [2.05, 4.69) is 10.6 Å². The molecule has 0 spiro atoms. The fourth-order valence-electron chi connectivity index (χ4n) is 3.10. The molecule has 26 heavy (non-hydrogen) atoms. The van der Waals surface area contributed by atoms with Gasteiger partial charge in [0.25, 0.3) is 5.91 Å². The number of anilines is 1. The molecule has 2 atom stereocenters. The molecule has 2 N–H and O–H groups in total. The number of benzene rings is 2. The Hall–Kier alpha value is -2.79. The predicted octanol–water partition coefficient (Wildman–Crippen LogP) is 3.24. The lowest BCUT2D eigenvalue weighted by atomic mass is 10.1. The van der Waals surface area contributed by atoms with Gasteiger partial charge in [0.15, 0.2) is 0 Å². The van der Waals surface area contributed by atoms with Gasteiger partial charge in [-0.3, -0.25) is 4.79 Å². The van der Waals surface area contributed by atoms with E-state index in [0.29, 0.717) is 16.6 Å². The minimum absolute atomic E-state index is 0.0404. The molecule has 1 saturated carbocycles. The standard InChI is InChI=1S/C20H17ClN2O3/c21-13-6-8-14(9-7-13)22-17-11-26-20(25)18(17)19(24)23-16-10-15(16)12-4-2-1-3-5-12/h1-9,15-16,22H,10-11H2,(H,23,24)/t15-,16+/m0/s1. The van der Waals surface area contributed by atoms with Crippen LogP contribution in [0.3, 0.4) is 0 Å². The van der Waals surface area contributed by atoms with E-state index in [1.54, 1.807) is 24.3 Å². The Bertz CT molecular complexity index is 878. The van der Waals surface area contributed by atoms with Crippen molar-refractivity contribution in [2.45, 2.75) is 18.4 Å². The third-order valence-corrected chi connectivity index (χ3v) is 4.81. The molecule has 1 aliphatic carbocycles. The summed E-state index contributed by atoms with van der Waals surface area (Å²) in [6.45, 7) is 0.0526. The van der Waals surface area contributed by atoms with Crippen molar-refractivity contribution in [3.8, 4) is 0 Å². The summed E-state index contributed by atoms with van der Waals surface area (Å²) in [4.78, 5) is 24.6.